The Bertz CT molecular complexity index is 551. The Morgan fingerprint density at radius 2 is 1.67 bits per heavy atom. The summed E-state index contributed by atoms with van der Waals surface area (Å²) >= 11 is 0. The van der Waals surface area contributed by atoms with E-state index >= 15 is 0 Å². The van der Waals surface area contributed by atoms with E-state index in [2.05, 4.69) is 64.2 Å². The third-order valence-corrected chi connectivity index (χ3v) is 5.67. The van der Waals surface area contributed by atoms with Gasteiger partial charge in [0.2, 0.25) is 0 Å². The van der Waals surface area contributed by atoms with Gasteiger partial charge in [-0.3, -0.25) is 9.89 Å². The molecule has 0 saturated carbocycles. The second-order valence-electron chi connectivity index (χ2n) is 7.52. The number of anilines is 1. The quantitative estimate of drug-likeness (QED) is 0.393. The number of aliphatic imine (C=N–C) groups is 1. The van der Waals surface area contributed by atoms with E-state index in [1.807, 2.05) is 0 Å². The molecular formula is C21H36IN5. The lowest BCUT2D eigenvalue weighted by Gasteiger charge is -2.37. The number of likely N-dealkylation sites (tertiary alicyclic amines) is 1. The Kier molecular flexibility index (Phi) is 9.86. The zero-order chi connectivity index (χ0) is 18.2. The number of hydrogen-bond acceptors (Lipinski definition) is 3. The van der Waals surface area contributed by atoms with Crippen LogP contribution < -0.4 is 5.32 Å². The summed E-state index contributed by atoms with van der Waals surface area (Å²) in [5, 5.41) is 3.57. The highest BCUT2D eigenvalue weighted by atomic mass is 127. The molecule has 1 atom stereocenters. The Hall–Kier alpha value is -0.860. The van der Waals surface area contributed by atoms with Crippen LogP contribution in [0.25, 0.3) is 0 Å². The fourth-order valence-electron chi connectivity index (χ4n) is 3.83. The molecule has 6 heteroatoms. The Morgan fingerprint density at radius 1 is 1.00 bits per heavy atom. The summed E-state index contributed by atoms with van der Waals surface area (Å²) in [7, 11) is 0. The highest BCUT2D eigenvalue weighted by molar-refractivity contribution is 14.0. The number of para-hydroxylation sites is 1. The molecular weight excluding hydrogens is 449 g/mol. The minimum atomic E-state index is 0. The number of halogens is 1. The minimum absolute atomic E-state index is 0. The summed E-state index contributed by atoms with van der Waals surface area (Å²) in [5.41, 5.74) is 1.13. The standard InChI is InChI=1S/C21H35N5.HI/c1-3-24-14-16-25(17-15-24)19(2)18-22-21(26-12-8-5-9-13-26)23-20-10-6-4-7-11-20;/h4,6-7,10-11,19H,3,5,8-9,12-18H2,1-2H3,(H,22,23);1H. The van der Waals surface area contributed by atoms with Crippen LogP contribution in [0.5, 0.6) is 0 Å². The average molecular weight is 485 g/mol. The molecule has 2 fully saturated rings. The molecule has 2 aliphatic heterocycles. The van der Waals surface area contributed by atoms with Crippen molar-refractivity contribution < 1.29 is 0 Å². The zero-order valence-electron chi connectivity index (χ0n) is 16.9. The molecule has 152 valence electrons. The van der Waals surface area contributed by atoms with Crippen molar-refractivity contribution in [2.24, 2.45) is 4.99 Å². The molecule has 1 aromatic carbocycles. The smallest absolute Gasteiger partial charge is 0.198 e. The minimum Gasteiger partial charge on any atom is -0.343 e. The molecule has 2 aliphatic rings. The van der Waals surface area contributed by atoms with Gasteiger partial charge in [0.15, 0.2) is 5.96 Å². The van der Waals surface area contributed by atoms with Crippen molar-refractivity contribution in [3.63, 3.8) is 0 Å². The number of hydrogen-bond donors (Lipinski definition) is 1. The Morgan fingerprint density at radius 3 is 2.30 bits per heavy atom. The Balaban J connectivity index is 0.00000261. The molecule has 0 aromatic heterocycles. The molecule has 0 spiro atoms. The van der Waals surface area contributed by atoms with Gasteiger partial charge in [0.1, 0.15) is 0 Å². The van der Waals surface area contributed by atoms with E-state index in [1.54, 1.807) is 0 Å². The molecule has 1 aromatic rings. The second-order valence-corrected chi connectivity index (χ2v) is 7.52. The summed E-state index contributed by atoms with van der Waals surface area (Å²) < 4.78 is 0. The maximum absolute atomic E-state index is 5.03. The first-order chi connectivity index (χ1) is 12.8. The van der Waals surface area contributed by atoms with Crippen LogP contribution in [0.4, 0.5) is 5.69 Å². The van der Waals surface area contributed by atoms with E-state index in [0.29, 0.717) is 6.04 Å². The molecule has 1 N–H and O–H groups in total. The summed E-state index contributed by atoms with van der Waals surface area (Å²) in [6.45, 7) is 13.5. The molecule has 2 heterocycles. The molecule has 0 bridgehead atoms. The number of guanidine groups is 1. The number of piperazine rings is 1. The number of benzene rings is 1. The highest BCUT2D eigenvalue weighted by Gasteiger charge is 2.21. The fraction of sp³-hybridized carbons (Fsp3) is 0.667. The predicted molar refractivity (Wildman–Crippen MR) is 126 cm³/mol. The van der Waals surface area contributed by atoms with Crippen molar-refractivity contribution in [2.45, 2.75) is 39.2 Å². The van der Waals surface area contributed by atoms with Crippen LogP contribution in [0.2, 0.25) is 0 Å². The summed E-state index contributed by atoms with van der Waals surface area (Å²) in [6, 6.07) is 10.9. The third kappa shape index (κ3) is 6.91. The lowest BCUT2D eigenvalue weighted by atomic mass is 10.1. The van der Waals surface area contributed by atoms with Gasteiger partial charge in [-0.1, -0.05) is 25.1 Å². The van der Waals surface area contributed by atoms with Crippen LogP contribution in [0.15, 0.2) is 35.3 Å². The van der Waals surface area contributed by atoms with Crippen molar-refractivity contribution >= 4 is 35.6 Å². The van der Waals surface area contributed by atoms with Crippen molar-refractivity contribution in [3.05, 3.63) is 30.3 Å². The van der Waals surface area contributed by atoms with Gasteiger partial charge >= 0.3 is 0 Å². The molecule has 27 heavy (non-hydrogen) atoms. The van der Waals surface area contributed by atoms with E-state index in [4.69, 9.17) is 4.99 Å². The van der Waals surface area contributed by atoms with E-state index in [1.165, 1.54) is 38.9 Å². The van der Waals surface area contributed by atoms with Crippen LogP contribution in [-0.2, 0) is 0 Å². The first-order valence-corrected chi connectivity index (χ1v) is 10.3. The first kappa shape index (κ1) is 22.4. The van der Waals surface area contributed by atoms with Crippen molar-refractivity contribution in [1.82, 2.24) is 14.7 Å². The maximum atomic E-state index is 5.03. The first-order valence-electron chi connectivity index (χ1n) is 10.3. The van der Waals surface area contributed by atoms with Crippen molar-refractivity contribution in [3.8, 4) is 0 Å². The van der Waals surface area contributed by atoms with Gasteiger partial charge in [-0.2, -0.15) is 0 Å². The van der Waals surface area contributed by atoms with Crippen molar-refractivity contribution in [2.75, 3.05) is 57.7 Å². The predicted octanol–water partition coefficient (Wildman–Crippen LogP) is 3.58. The van der Waals surface area contributed by atoms with E-state index < -0.39 is 0 Å². The SMILES string of the molecule is CCN1CCN(C(C)CN=C(Nc2ccccc2)N2CCCCC2)CC1.I. The lowest BCUT2D eigenvalue weighted by Crippen LogP contribution is -2.50. The number of rotatable bonds is 5. The van der Waals surface area contributed by atoms with Gasteiger partial charge in [-0.15, -0.1) is 24.0 Å². The topological polar surface area (TPSA) is 34.1 Å². The lowest BCUT2D eigenvalue weighted by molar-refractivity contribution is 0.109. The van der Waals surface area contributed by atoms with Crippen molar-refractivity contribution in [1.29, 1.82) is 0 Å². The van der Waals surface area contributed by atoms with Gasteiger partial charge in [0, 0.05) is 51.0 Å². The van der Waals surface area contributed by atoms with Crippen LogP contribution >= 0.6 is 24.0 Å². The largest absolute Gasteiger partial charge is 0.343 e. The zero-order valence-corrected chi connectivity index (χ0v) is 19.3. The van der Waals surface area contributed by atoms with Crippen LogP contribution in [-0.4, -0.2) is 79.1 Å². The summed E-state index contributed by atoms with van der Waals surface area (Å²) in [5.74, 6) is 1.05. The van der Waals surface area contributed by atoms with E-state index in [9.17, 15) is 0 Å². The number of nitrogens with one attached hydrogen (secondary N) is 1. The highest BCUT2D eigenvalue weighted by Crippen LogP contribution is 2.13. The van der Waals surface area contributed by atoms with Gasteiger partial charge in [0.05, 0.1) is 6.54 Å². The van der Waals surface area contributed by atoms with Crippen LogP contribution in [0.3, 0.4) is 0 Å². The average Bonchev–Trinajstić information content (AvgIpc) is 2.72. The van der Waals surface area contributed by atoms with Crippen LogP contribution in [0, 0.1) is 0 Å². The molecule has 1 unspecified atom stereocenters. The van der Waals surface area contributed by atoms with Gasteiger partial charge < -0.3 is 15.1 Å². The van der Waals surface area contributed by atoms with Crippen LogP contribution in [0.1, 0.15) is 33.1 Å². The number of piperidine rings is 1. The molecule has 3 rings (SSSR count). The second kappa shape index (κ2) is 11.9. The molecule has 0 radical (unpaired) electrons. The Labute approximate surface area is 182 Å². The number of nitrogens with zero attached hydrogens (tertiary/aromatic N) is 4. The normalized spacial score (nSPS) is 20.8. The fourth-order valence-corrected chi connectivity index (χ4v) is 3.83. The number of likely N-dealkylation sites (N-methyl/N-ethyl adjacent to an activating group) is 1. The van der Waals surface area contributed by atoms with Gasteiger partial charge in [0.25, 0.3) is 0 Å². The van der Waals surface area contributed by atoms with Gasteiger partial charge in [-0.25, -0.2) is 0 Å². The van der Waals surface area contributed by atoms with Gasteiger partial charge in [-0.05, 0) is 44.9 Å². The summed E-state index contributed by atoms with van der Waals surface area (Å²) in [6.07, 6.45) is 3.88. The third-order valence-electron chi connectivity index (χ3n) is 5.67. The molecule has 2 saturated heterocycles. The molecule has 0 amide bonds. The van der Waals surface area contributed by atoms with E-state index in [-0.39, 0.29) is 24.0 Å². The van der Waals surface area contributed by atoms with E-state index in [0.717, 1.165) is 44.4 Å². The summed E-state index contributed by atoms with van der Waals surface area (Å²) in [4.78, 5) is 12.6. The monoisotopic (exact) mass is 485 g/mol. The molecule has 0 aliphatic carbocycles. The molecule has 5 nitrogen and oxygen atoms in total. The maximum Gasteiger partial charge on any atom is 0.198 e.